The Hall–Kier alpha value is -1.07. The van der Waals surface area contributed by atoms with Gasteiger partial charge >= 0.3 is 0 Å². The van der Waals surface area contributed by atoms with Gasteiger partial charge in [0.2, 0.25) is 0 Å². The van der Waals surface area contributed by atoms with Gasteiger partial charge in [0.15, 0.2) is 10.4 Å². The van der Waals surface area contributed by atoms with Gasteiger partial charge < -0.3 is 9.15 Å². The standard InChI is InChI=1S/C9H6BrClN2O2/c1-14-9-5(11)4-6(12-13-9)7-2-3-8(10)15-7/h2-4H,1H3. The van der Waals surface area contributed by atoms with Gasteiger partial charge in [0.1, 0.15) is 10.7 Å². The Kier molecular flexibility index (Phi) is 2.93. The lowest BCUT2D eigenvalue weighted by atomic mass is 10.3. The van der Waals surface area contributed by atoms with E-state index in [0.29, 0.717) is 27.0 Å². The third-order valence-electron chi connectivity index (χ3n) is 1.74. The van der Waals surface area contributed by atoms with Gasteiger partial charge in [-0.3, -0.25) is 0 Å². The quantitative estimate of drug-likeness (QED) is 0.852. The second-order valence-corrected chi connectivity index (χ2v) is 3.88. The third-order valence-corrected chi connectivity index (χ3v) is 2.43. The van der Waals surface area contributed by atoms with Crippen molar-refractivity contribution in [2.24, 2.45) is 0 Å². The molecule has 4 nitrogen and oxygen atoms in total. The summed E-state index contributed by atoms with van der Waals surface area (Å²) in [7, 11) is 1.49. The summed E-state index contributed by atoms with van der Waals surface area (Å²) < 4.78 is 10.8. The minimum Gasteiger partial charge on any atom is -0.479 e. The second-order valence-electron chi connectivity index (χ2n) is 2.69. The molecule has 0 saturated carbocycles. The van der Waals surface area contributed by atoms with Gasteiger partial charge in [-0.2, -0.15) is 0 Å². The van der Waals surface area contributed by atoms with Crippen molar-refractivity contribution >= 4 is 27.5 Å². The van der Waals surface area contributed by atoms with Gasteiger partial charge in [0, 0.05) is 0 Å². The molecule has 2 heterocycles. The highest BCUT2D eigenvalue weighted by Crippen LogP contribution is 2.28. The first-order valence-electron chi connectivity index (χ1n) is 4.03. The number of hydrogen-bond acceptors (Lipinski definition) is 4. The summed E-state index contributed by atoms with van der Waals surface area (Å²) in [5.41, 5.74) is 0.562. The summed E-state index contributed by atoms with van der Waals surface area (Å²) in [6.45, 7) is 0. The van der Waals surface area contributed by atoms with Crippen molar-refractivity contribution in [1.29, 1.82) is 0 Å². The molecule has 0 spiro atoms. The molecule has 2 rings (SSSR count). The first kappa shape index (κ1) is 10.4. The largest absolute Gasteiger partial charge is 0.479 e. The monoisotopic (exact) mass is 288 g/mol. The molecule has 78 valence electrons. The maximum atomic E-state index is 5.91. The fourth-order valence-corrected chi connectivity index (χ4v) is 1.59. The van der Waals surface area contributed by atoms with Gasteiger partial charge in [0.25, 0.3) is 5.88 Å². The molecule has 0 aliphatic heterocycles. The number of halogens is 2. The minimum atomic E-state index is 0.297. The van der Waals surface area contributed by atoms with Gasteiger partial charge in [0.05, 0.1) is 7.11 Å². The third kappa shape index (κ3) is 2.13. The molecule has 0 N–H and O–H groups in total. The number of furan rings is 1. The minimum absolute atomic E-state index is 0.297. The van der Waals surface area contributed by atoms with E-state index in [2.05, 4.69) is 26.1 Å². The van der Waals surface area contributed by atoms with Crippen LogP contribution in [0.15, 0.2) is 27.3 Å². The van der Waals surface area contributed by atoms with Crippen LogP contribution >= 0.6 is 27.5 Å². The molecule has 0 saturated heterocycles. The summed E-state index contributed by atoms with van der Waals surface area (Å²) in [5.74, 6) is 0.893. The normalized spacial score (nSPS) is 10.3. The first-order valence-corrected chi connectivity index (χ1v) is 5.20. The van der Waals surface area contributed by atoms with Crippen LogP contribution in [0.3, 0.4) is 0 Å². The Morgan fingerprint density at radius 3 is 2.73 bits per heavy atom. The van der Waals surface area contributed by atoms with Gasteiger partial charge in [-0.15, -0.1) is 10.2 Å². The SMILES string of the molecule is COc1nnc(-c2ccc(Br)o2)cc1Cl. The maximum Gasteiger partial charge on any atom is 0.252 e. The predicted octanol–water partition coefficient (Wildman–Crippen LogP) is 3.16. The van der Waals surface area contributed by atoms with E-state index in [0.717, 1.165) is 0 Å². The van der Waals surface area contributed by atoms with Crippen molar-refractivity contribution in [3.8, 4) is 17.3 Å². The molecule has 0 fully saturated rings. The van der Waals surface area contributed by atoms with Gasteiger partial charge in [-0.25, -0.2) is 0 Å². The second kappa shape index (κ2) is 4.20. The number of methoxy groups -OCH3 is 1. The highest BCUT2D eigenvalue weighted by molar-refractivity contribution is 9.10. The number of hydrogen-bond donors (Lipinski definition) is 0. The fourth-order valence-electron chi connectivity index (χ4n) is 1.07. The number of ether oxygens (including phenoxy) is 1. The Balaban J connectivity index is 2.42. The fraction of sp³-hybridized carbons (Fsp3) is 0.111. The predicted molar refractivity (Wildman–Crippen MR) is 59.0 cm³/mol. The summed E-state index contributed by atoms with van der Waals surface area (Å²) in [6.07, 6.45) is 0. The zero-order valence-electron chi connectivity index (χ0n) is 7.70. The zero-order valence-corrected chi connectivity index (χ0v) is 10.0. The van der Waals surface area contributed by atoms with Crippen molar-refractivity contribution < 1.29 is 9.15 Å². The van der Waals surface area contributed by atoms with Crippen molar-refractivity contribution in [1.82, 2.24) is 10.2 Å². The lowest BCUT2D eigenvalue weighted by Crippen LogP contribution is -1.93. The molecule has 0 aromatic carbocycles. The zero-order chi connectivity index (χ0) is 10.8. The van der Waals surface area contributed by atoms with Gasteiger partial charge in [-0.1, -0.05) is 11.6 Å². The van der Waals surface area contributed by atoms with E-state index in [-0.39, 0.29) is 0 Å². The lowest BCUT2D eigenvalue weighted by Gasteiger charge is -2.01. The summed E-state index contributed by atoms with van der Waals surface area (Å²) in [4.78, 5) is 0. The Labute approximate surface area is 99.3 Å². The van der Waals surface area contributed by atoms with E-state index in [1.807, 2.05) is 0 Å². The van der Waals surface area contributed by atoms with E-state index in [9.17, 15) is 0 Å². The molecule has 0 amide bonds. The first-order chi connectivity index (χ1) is 7.20. The van der Waals surface area contributed by atoms with Crippen LogP contribution in [0, 0.1) is 0 Å². The van der Waals surface area contributed by atoms with E-state index < -0.39 is 0 Å². The van der Waals surface area contributed by atoms with E-state index in [1.165, 1.54) is 7.11 Å². The lowest BCUT2D eigenvalue weighted by molar-refractivity contribution is 0.392. The molecular weight excluding hydrogens is 283 g/mol. The van der Waals surface area contributed by atoms with Crippen LogP contribution in [0.25, 0.3) is 11.5 Å². The van der Waals surface area contributed by atoms with Crippen LogP contribution < -0.4 is 4.74 Å². The van der Waals surface area contributed by atoms with Crippen molar-refractivity contribution in [2.75, 3.05) is 7.11 Å². The highest BCUT2D eigenvalue weighted by atomic mass is 79.9. The molecule has 2 aromatic rings. The van der Waals surface area contributed by atoms with Crippen LogP contribution in [-0.4, -0.2) is 17.3 Å². The van der Waals surface area contributed by atoms with E-state index in [4.69, 9.17) is 20.8 Å². The van der Waals surface area contributed by atoms with E-state index >= 15 is 0 Å². The summed E-state index contributed by atoms with van der Waals surface area (Å²) in [6, 6.07) is 5.19. The average molecular weight is 290 g/mol. The van der Waals surface area contributed by atoms with Gasteiger partial charge in [-0.05, 0) is 34.1 Å². The van der Waals surface area contributed by atoms with Crippen LogP contribution in [0.2, 0.25) is 5.02 Å². The average Bonchev–Trinajstić information content (AvgIpc) is 2.65. The Morgan fingerprint density at radius 1 is 1.40 bits per heavy atom. The Morgan fingerprint density at radius 2 is 2.20 bits per heavy atom. The number of nitrogens with zero attached hydrogens (tertiary/aromatic N) is 2. The Bertz CT molecular complexity index is 487. The molecular formula is C9H6BrClN2O2. The van der Waals surface area contributed by atoms with Crippen LogP contribution in [0.5, 0.6) is 5.88 Å². The molecule has 0 aliphatic rings. The molecule has 0 atom stereocenters. The smallest absolute Gasteiger partial charge is 0.252 e. The summed E-state index contributed by atoms with van der Waals surface area (Å²) in [5, 5.41) is 8.12. The molecule has 6 heteroatoms. The topological polar surface area (TPSA) is 48.2 Å². The highest BCUT2D eigenvalue weighted by Gasteiger charge is 2.09. The number of rotatable bonds is 2. The number of aromatic nitrogens is 2. The maximum absolute atomic E-state index is 5.91. The molecule has 2 aromatic heterocycles. The van der Waals surface area contributed by atoms with Crippen molar-refractivity contribution in [2.45, 2.75) is 0 Å². The molecule has 15 heavy (non-hydrogen) atoms. The van der Waals surface area contributed by atoms with Crippen molar-refractivity contribution in [3.05, 3.63) is 27.9 Å². The van der Waals surface area contributed by atoms with Crippen molar-refractivity contribution in [3.63, 3.8) is 0 Å². The molecule has 0 radical (unpaired) electrons. The molecule has 0 aliphatic carbocycles. The van der Waals surface area contributed by atoms with Crippen LogP contribution in [-0.2, 0) is 0 Å². The summed E-state index contributed by atoms with van der Waals surface area (Å²) >= 11 is 9.11. The molecule has 0 bridgehead atoms. The van der Waals surface area contributed by atoms with Crippen LogP contribution in [0.1, 0.15) is 0 Å². The van der Waals surface area contributed by atoms with Crippen LogP contribution in [0.4, 0.5) is 0 Å². The van der Waals surface area contributed by atoms with E-state index in [1.54, 1.807) is 18.2 Å². The molecule has 0 unspecified atom stereocenters.